The fourth-order valence-corrected chi connectivity index (χ4v) is 2.78. The largest absolute Gasteiger partial charge is 0.385 e. The van der Waals surface area contributed by atoms with E-state index in [2.05, 4.69) is 0 Å². The Kier molecular flexibility index (Phi) is 5.13. The van der Waals surface area contributed by atoms with Crippen molar-refractivity contribution in [3.8, 4) is 0 Å². The highest BCUT2D eigenvalue weighted by Gasteiger charge is 2.36. The summed E-state index contributed by atoms with van der Waals surface area (Å²) in [5.41, 5.74) is 0.776. The summed E-state index contributed by atoms with van der Waals surface area (Å²) in [6.45, 7) is 3.49. The molecule has 1 nitrogen and oxygen atoms in total. The molecule has 0 saturated carbocycles. The molecule has 0 aromatic heterocycles. The van der Waals surface area contributed by atoms with Gasteiger partial charge in [-0.1, -0.05) is 74.5 Å². The van der Waals surface area contributed by atoms with E-state index in [0.29, 0.717) is 6.42 Å². The maximum absolute atomic E-state index is 13.5. The quantitative estimate of drug-likeness (QED) is 0.818. The molecule has 0 heterocycles. The highest BCUT2D eigenvalue weighted by Crippen LogP contribution is 2.39. The van der Waals surface area contributed by atoms with Crippen LogP contribution in [-0.2, 0) is 5.60 Å². The van der Waals surface area contributed by atoms with Crippen LogP contribution in [0, 0.1) is 5.92 Å². The maximum atomic E-state index is 13.5. The summed E-state index contributed by atoms with van der Waals surface area (Å²) in [6.07, 6.45) is 0.384. The Morgan fingerprint density at radius 3 is 1.95 bits per heavy atom. The van der Waals surface area contributed by atoms with Gasteiger partial charge in [0, 0.05) is 5.92 Å². The van der Waals surface area contributed by atoms with Crippen molar-refractivity contribution >= 4 is 0 Å². The minimum atomic E-state index is -1.02. The molecule has 0 bridgehead atoms. The molecule has 1 N–H and O–H groups in total. The van der Waals surface area contributed by atoms with Crippen LogP contribution in [0.2, 0.25) is 0 Å². The number of halogens is 1. The Labute approximate surface area is 126 Å². The predicted octanol–water partition coefficient (Wildman–Crippen LogP) is 4.67. The van der Waals surface area contributed by atoms with Crippen molar-refractivity contribution in [2.45, 2.75) is 31.8 Å². The molecule has 0 aliphatic rings. The van der Waals surface area contributed by atoms with E-state index in [1.807, 2.05) is 74.5 Å². The average Bonchev–Trinajstić information content (AvgIpc) is 2.54. The zero-order chi connectivity index (χ0) is 15.3. The van der Waals surface area contributed by atoms with E-state index < -0.39 is 12.3 Å². The fraction of sp³-hybridized carbons (Fsp3) is 0.368. The first kappa shape index (κ1) is 15.7. The molecule has 0 aliphatic carbocycles. The monoisotopic (exact) mass is 286 g/mol. The summed E-state index contributed by atoms with van der Waals surface area (Å²) in [4.78, 5) is 0. The summed E-state index contributed by atoms with van der Waals surface area (Å²) in [5, 5.41) is 11.2. The van der Waals surface area contributed by atoms with Gasteiger partial charge < -0.3 is 5.11 Å². The van der Waals surface area contributed by atoms with Gasteiger partial charge in [0.25, 0.3) is 0 Å². The first-order valence-electron chi connectivity index (χ1n) is 7.46. The van der Waals surface area contributed by atoms with Crippen LogP contribution in [0.3, 0.4) is 0 Å². The van der Waals surface area contributed by atoms with Gasteiger partial charge >= 0.3 is 0 Å². The molecule has 0 radical (unpaired) electrons. The van der Waals surface area contributed by atoms with Gasteiger partial charge in [0.1, 0.15) is 0 Å². The Morgan fingerprint density at radius 1 is 0.952 bits per heavy atom. The van der Waals surface area contributed by atoms with Crippen LogP contribution >= 0.6 is 0 Å². The van der Waals surface area contributed by atoms with E-state index in [9.17, 15) is 9.50 Å². The Balaban J connectivity index is 2.31. The summed E-state index contributed by atoms with van der Waals surface area (Å²) in [6, 6.07) is 19.2. The van der Waals surface area contributed by atoms with Crippen molar-refractivity contribution in [1.82, 2.24) is 0 Å². The number of alkyl halides is 1. The molecule has 112 valence electrons. The molecular formula is C19H23FO. The second kappa shape index (κ2) is 6.86. The summed E-state index contributed by atoms with van der Waals surface area (Å²) in [7, 11) is 0. The molecule has 2 rings (SSSR count). The van der Waals surface area contributed by atoms with Crippen LogP contribution in [0.25, 0.3) is 0 Å². The Bertz CT molecular complexity index is 538. The number of hydrogen-bond donors (Lipinski definition) is 1. The van der Waals surface area contributed by atoms with Gasteiger partial charge in [-0.15, -0.1) is 0 Å². The maximum Gasteiger partial charge on any atom is 0.0964 e. The van der Waals surface area contributed by atoms with Crippen LogP contribution in [0.15, 0.2) is 60.7 Å². The van der Waals surface area contributed by atoms with E-state index in [1.165, 1.54) is 0 Å². The van der Waals surface area contributed by atoms with Gasteiger partial charge in [-0.05, 0) is 23.5 Å². The topological polar surface area (TPSA) is 20.2 Å². The molecule has 2 unspecified atom stereocenters. The first-order valence-corrected chi connectivity index (χ1v) is 7.46. The van der Waals surface area contributed by atoms with Gasteiger partial charge in [-0.2, -0.15) is 0 Å². The smallest absolute Gasteiger partial charge is 0.0964 e. The zero-order valence-electron chi connectivity index (χ0n) is 12.7. The van der Waals surface area contributed by atoms with E-state index in [-0.39, 0.29) is 11.8 Å². The molecule has 0 spiro atoms. The van der Waals surface area contributed by atoms with Gasteiger partial charge in [0.2, 0.25) is 0 Å². The normalized spacial score (nSPS) is 15.7. The van der Waals surface area contributed by atoms with Crippen LogP contribution in [0.5, 0.6) is 0 Å². The summed E-state index contributed by atoms with van der Waals surface area (Å²) in [5.74, 6) is -0.281. The van der Waals surface area contributed by atoms with Crippen LogP contribution in [0.4, 0.5) is 4.39 Å². The standard InChI is InChI=1S/C19H23FO/c1-15(2)19(21,18-11-7-4-8-12-18)13-17(14-20)16-9-5-3-6-10-16/h3-12,15,17,21H,13-14H2,1-2H3. The zero-order valence-corrected chi connectivity index (χ0v) is 12.7. The van der Waals surface area contributed by atoms with Gasteiger partial charge in [0.05, 0.1) is 12.3 Å². The van der Waals surface area contributed by atoms with Gasteiger partial charge in [0.15, 0.2) is 0 Å². The predicted molar refractivity (Wildman–Crippen MR) is 85.0 cm³/mol. The molecule has 0 amide bonds. The number of aliphatic hydroxyl groups is 1. The Morgan fingerprint density at radius 2 is 1.48 bits per heavy atom. The third-order valence-corrected chi connectivity index (χ3v) is 4.24. The fourth-order valence-electron chi connectivity index (χ4n) is 2.78. The summed E-state index contributed by atoms with van der Waals surface area (Å²) >= 11 is 0. The lowest BCUT2D eigenvalue weighted by Gasteiger charge is -2.35. The Hall–Kier alpha value is -1.67. The lowest BCUT2D eigenvalue weighted by Crippen LogP contribution is -2.34. The number of benzene rings is 2. The molecular weight excluding hydrogens is 263 g/mol. The van der Waals surface area contributed by atoms with Crippen molar-refractivity contribution in [2.75, 3.05) is 6.67 Å². The SMILES string of the molecule is CC(C)C(O)(CC(CF)c1ccccc1)c1ccccc1. The molecule has 2 heteroatoms. The first-order chi connectivity index (χ1) is 10.1. The molecule has 0 saturated heterocycles. The van der Waals surface area contributed by atoms with Crippen molar-refractivity contribution in [2.24, 2.45) is 5.92 Å². The van der Waals surface area contributed by atoms with E-state index in [1.54, 1.807) is 0 Å². The minimum Gasteiger partial charge on any atom is -0.385 e. The molecule has 2 atom stereocenters. The van der Waals surface area contributed by atoms with Crippen molar-refractivity contribution in [1.29, 1.82) is 0 Å². The van der Waals surface area contributed by atoms with Crippen LogP contribution in [0.1, 0.15) is 37.3 Å². The summed E-state index contributed by atoms with van der Waals surface area (Å²) < 4.78 is 13.5. The molecule has 2 aromatic rings. The molecule has 0 aliphatic heterocycles. The van der Waals surface area contributed by atoms with Gasteiger partial charge in [-0.3, -0.25) is 4.39 Å². The minimum absolute atomic E-state index is 0.0117. The van der Waals surface area contributed by atoms with Crippen molar-refractivity contribution in [3.63, 3.8) is 0 Å². The highest BCUT2D eigenvalue weighted by atomic mass is 19.1. The van der Waals surface area contributed by atoms with Crippen molar-refractivity contribution in [3.05, 3.63) is 71.8 Å². The third-order valence-electron chi connectivity index (χ3n) is 4.24. The van der Waals surface area contributed by atoms with E-state index in [0.717, 1.165) is 11.1 Å². The number of hydrogen-bond acceptors (Lipinski definition) is 1. The third kappa shape index (κ3) is 3.51. The van der Waals surface area contributed by atoms with Crippen LogP contribution < -0.4 is 0 Å². The van der Waals surface area contributed by atoms with Crippen molar-refractivity contribution < 1.29 is 9.50 Å². The average molecular weight is 286 g/mol. The van der Waals surface area contributed by atoms with Crippen LogP contribution in [-0.4, -0.2) is 11.8 Å². The molecule has 0 fully saturated rings. The van der Waals surface area contributed by atoms with E-state index >= 15 is 0 Å². The second-order valence-corrected chi connectivity index (χ2v) is 5.91. The lowest BCUT2D eigenvalue weighted by atomic mass is 9.75. The lowest BCUT2D eigenvalue weighted by molar-refractivity contribution is -0.0266. The molecule has 2 aromatic carbocycles. The number of rotatable bonds is 6. The van der Waals surface area contributed by atoms with E-state index in [4.69, 9.17) is 0 Å². The second-order valence-electron chi connectivity index (χ2n) is 5.91. The highest BCUT2D eigenvalue weighted by molar-refractivity contribution is 5.26. The molecule has 21 heavy (non-hydrogen) atoms. The van der Waals surface area contributed by atoms with Gasteiger partial charge in [-0.25, -0.2) is 0 Å².